The molecule has 2 aromatic rings. The molecule has 1 saturated heterocycles. The van der Waals surface area contributed by atoms with E-state index >= 15 is 0 Å². The summed E-state index contributed by atoms with van der Waals surface area (Å²) in [7, 11) is 0. The fourth-order valence-electron chi connectivity index (χ4n) is 1.98. The zero-order chi connectivity index (χ0) is 14.2. The van der Waals surface area contributed by atoms with Crippen molar-refractivity contribution in [2.75, 3.05) is 13.2 Å². The van der Waals surface area contributed by atoms with E-state index in [2.05, 4.69) is 32.0 Å². The lowest BCUT2D eigenvalue weighted by atomic mass is 9.87. The molecule has 3 rings (SSSR count). The van der Waals surface area contributed by atoms with Gasteiger partial charge in [-0.1, -0.05) is 15.9 Å². The Morgan fingerprint density at radius 2 is 2.15 bits per heavy atom. The second kappa shape index (κ2) is 4.93. The van der Waals surface area contributed by atoms with Gasteiger partial charge in [-0.2, -0.15) is 5.26 Å². The molecule has 0 spiro atoms. The minimum Gasteiger partial charge on any atom is -0.377 e. The summed E-state index contributed by atoms with van der Waals surface area (Å²) < 4.78 is 19.7. The molecular weight excluding hydrogens is 325 g/mol. The highest BCUT2D eigenvalue weighted by Gasteiger charge is 2.43. The number of nitriles is 1. The standard InChI is InChI=1S/C14H9BrFN3O/c15-9-1-2-11(16)10(5-9)12-3-4-18-13(19-12)14(6-17)7-20-8-14/h1-5H,7-8H2. The smallest absolute Gasteiger partial charge is 0.163 e. The lowest BCUT2D eigenvalue weighted by Crippen LogP contribution is -2.46. The molecule has 0 aliphatic carbocycles. The predicted molar refractivity (Wildman–Crippen MR) is 73.2 cm³/mol. The zero-order valence-electron chi connectivity index (χ0n) is 10.3. The summed E-state index contributed by atoms with van der Waals surface area (Å²) in [5.41, 5.74) is 0.0186. The van der Waals surface area contributed by atoms with Crippen molar-refractivity contribution < 1.29 is 9.13 Å². The van der Waals surface area contributed by atoms with Gasteiger partial charge in [0, 0.05) is 16.2 Å². The van der Waals surface area contributed by atoms with Crippen LogP contribution in [0.3, 0.4) is 0 Å². The first-order valence-corrected chi connectivity index (χ1v) is 6.72. The highest BCUT2D eigenvalue weighted by molar-refractivity contribution is 9.10. The van der Waals surface area contributed by atoms with Crippen LogP contribution >= 0.6 is 15.9 Å². The second-order valence-electron chi connectivity index (χ2n) is 4.58. The SMILES string of the molecule is N#CC1(c2nccc(-c3cc(Br)ccc3F)n2)COC1. The van der Waals surface area contributed by atoms with E-state index in [0.717, 1.165) is 4.47 Å². The largest absolute Gasteiger partial charge is 0.377 e. The van der Waals surface area contributed by atoms with Crippen molar-refractivity contribution in [3.63, 3.8) is 0 Å². The Kier molecular flexibility index (Phi) is 3.24. The van der Waals surface area contributed by atoms with Crippen LogP contribution in [0, 0.1) is 17.1 Å². The maximum Gasteiger partial charge on any atom is 0.163 e. The normalized spacial score (nSPS) is 16.2. The Bertz CT molecular complexity index is 710. The van der Waals surface area contributed by atoms with E-state index < -0.39 is 5.41 Å². The fraction of sp³-hybridized carbons (Fsp3) is 0.214. The van der Waals surface area contributed by atoms with Crippen molar-refractivity contribution in [1.82, 2.24) is 9.97 Å². The van der Waals surface area contributed by atoms with Crippen LogP contribution in [0.1, 0.15) is 5.82 Å². The average Bonchev–Trinajstić information content (AvgIpc) is 2.41. The Balaban J connectivity index is 2.08. The van der Waals surface area contributed by atoms with Gasteiger partial charge < -0.3 is 4.74 Å². The molecule has 0 amide bonds. The van der Waals surface area contributed by atoms with Crippen molar-refractivity contribution in [1.29, 1.82) is 5.26 Å². The van der Waals surface area contributed by atoms with Crippen LogP contribution in [0.15, 0.2) is 34.9 Å². The molecule has 0 N–H and O–H groups in total. The summed E-state index contributed by atoms with van der Waals surface area (Å²) in [4.78, 5) is 8.47. The lowest BCUT2D eigenvalue weighted by molar-refractivity contribution is -0.0338. The quantitative estimate of drug-likeness (QED) is 0.847. The van der Waals surface area contributed by atoms with Gasteiger partial charge >= 0.3 is 0 Å². The molecule has 0 saturated carbocycles. The number of hydrogen-bond acceptors (Lipinski definition) is 4. The molecule has 0 unspecified atom stereocenters. The number of aromatic nitrogens is 2. The molecule has 20 heavy (non-hydrogen) atoms. The van der Waals surface area contributed by atoms with Crippen molar-refractivity contribution in [2.24, 2.45) is 0 Å². The Hall–Kier alpha value is -1.84. The summed E-state index contributed by atoms with van der Waals surface area (Å²) in [5, 5.41) is 9.26. The summed E-state index contributed by atoms with van der Waals surface area (Å²) in [6.07, 6.45) is 1.54. The predicted octanol–water partition coefficient (Wildman–Crippen LogP) is 2.84. The molecule has 6 heteroatoms. The van der Waals surface area contributed by atoms with Gasteiger partial charge in [0.1, 0.15) is 5.82 Å². The van der Waals surface area contributed by atoms with Gasteiger partial charge in [-0.25, -0.2) is 14.4 Å². The van der Waals surface area contributed by atoms with Gasteiger partial charge in [-0.15, -0.1) is 0 Å². The third-order valence-electron chi connectivity index (χ3n) is 3.20. The molecule has 0 atom stereocenters. The molecule has 100 valence electrons. The maximum absolute atomic E-state index is 13.9. The zero-order valence-corrected chi connectivity index (χ0v) is 11.9. The number of ether oxygens (including phenoxy) is 1. The van der Waals surface area contributed by atoms with Crippen LogP contribution in [0.2, 0.25) is 0 Å². The van der Waals surface area contributed by atoms with E-state index in [1.165, 1.54) is 12.3 Å². The minimum absolute atomic E-state index is 0.272. The van der Waals surface area contributed by atoms with Crippen molar-refractivity contribution in [3.05, 3.63) is 46.6 Å². The third-order valence-corrected chi connectivity index (χ3v) is 3.69. The maximum atomic E-state index is 13.9. The molecule has 1 fully saturated rings. The Morgan fingerprint density at radius 1 is 1.35 bits per heavy atom. The topological polar surface area (TPSA) is 58.8 Å². The van der Waals surface area contributed by atoms with Crippen LogP contribution < -0.4 is 0 Å². The van der Waals surface area contributed by atoms with Gasteiger partial charge in [-0.3, -0.25) is 0 Å². The van der Waals surface area contributed by atoms with Crippen LogP contribution in [-0.2, 0) is 10.2 Å². The third kappa shape index (κ3) is 2.09. The van der Waals surface area contributed by atoms with Gasteiger partial charge in [0.25, 0.3) is 0 Å². The van der Waals surface area contributed by atoms with Crippen LogP contribution in [0.5, 0.6) is 0 Å². The van der Waals surface area contributed by atoms with E-state index in [0.29, 0.717) is 17.1 Å². The van der Waals surface area contributed by atoms with Gasteiger partial charge in [0.2, 0.25) is 0 Å². The molecule has 4 nitrogen and oxygen atoms in total. The average molecular weight is 334 g/mol. The molecule has 0 radical (unpaired) electrons. The summed E-state index contributed by atoms with van der Waals surface area (Å²) >= 11 is 3.31. The van der Waals surface area contributed by atoms with E-state index in [1.54, 1.807) is 18.2 Å². The first-order valence-electron chi connectivity index (χ1n) is 5.93. The summed E-state index contributed by atoms with van der Waals surface area (Å²) in [6, 6.07) is 8.45. The summed E-state index contributed by atoms with van der Waals surface area (Å²) in [6.45, 7) is 0.543. The van der Waals surface area contributed by atoms with E-state index in [1.807, 2.05) is 0 Å². The minimum atomic E-state index is -0.807. The number of nitrogens with zero attached hydrogens (tertiary/aromatic N) is 3. The Morgan fingerprint density at radius 3 is 2.80 bits per heavy atom. The van der Waals surface area contributed by atoms with Crippen molar-refractivity contribution in [2.45, 2.75) is 5.41 Å². The lowest BCUT2D eigenvalue weighted by Gasteiger charge is -2.33. The molecule has 1 aromatic carbocycles. The molecular formula is C14H9BrFN3O. The van der Waals surface area contributed by atoms with Gasteiger partial charge in [-0.05, 0) is 24.3 Å². The Labute approximate surface area is 123 Å². The molecule has 2 heterocycles. The second-order valence-corrected chi connectivity index (χ2v) is 5.49. The first kappa shape index (κ1) is 13.2. The summed E-state index contributed by atoms with van der Waals surface area (Å²) in [5.74, 6) is 0.0110. The van der Waals surface area contributed by atoms with Crippen molar-refractivity contribution >= 4 is 15.9 Å². The van der Waals surface area contributed by atoms with E-state index in [-0.39, 0.29) is 19.0 Å². The highest BCUT2D eigenvalue weighted by Crippen LogP contribution is 2.31. The monoisotopic (exact) mass is 333 g/mol. The van der Waals surface area contributed by atoms with Gasteiger partial charge in [0.05, 0.1) is 25.0 Å². The van der Waals surface area contributed by atoms with Crippen molar-refractivity contribution in [3.8, 4) is 17.3 Å². The first-order chi connectivity index (χ1) is 9.64. The number of benzene rings is 1. The number of rotatable bonds is 2. The number of halogens is 2. The molecule has 1 aliphatic heterocycles. The van der Waals surface area contributed by atoms with E-state index in [9.17, 15) is 9.65 Å². The van der Waals surface area contributed by atoms with Crippen LogP contribution in [0.25, 0.3) is 11.3 Å². The van der Waals surface area contributed by atoms with Crippen LogP contribution in [-0.4, -0.2) is 23.2 Å². The molecule has 0 bridgehead atoms. The molecule has 1 aliphatic rings. The fourth-order valence-corrected chi connectivity index (χ4v) is 2.34. The van der Waals surface area contributed by atoms with E-state index in [4.69, 9.17) is 4.74 Å². The number of hydrogen-bond donors (Lipinski definition) is 0. The van der Waals surface area contributed by atoms with Gasteiger partial charge in [0.15, 0.2) is 11.2 Å². The highest BCUT2D eigenvalue weighted by atomic mass is 79.9. The van der Waals surface area contributed by atoms with Crippen LogP contribution in [0.4, 0.5) is 4.39 Å². The molecule has 1 aromatic heterocycles.